The Hall–Kier alpha value is -3.29. The third kappa shape index (κ3) is 3.85. The predicted octanol–water partition coefficient (Wildman–Crippen LogP) is 4.43. The van der Waals surface area contributed by atoms with Crippen molar-refractivity contribution in [3.63, 3.8) is 0 Å². The van der Waals surface area contributed by atoms with Gasteiger partial charge in [-0.2, -0.15) is 4.98 Å². The number of amides is 2. The smallest absolute Gasteiger partial charge is 0.321 e. The van der Waals surface area contributed by atoms with Gasteiger partial charge < -0.3 is 14.7 Å². The van der Waals surface area contributed by atoms with Crippen LogP contribution < -0.4 is 5.32 Å². The van der Waals surface area contributed by atoms with Crippen molar-refractivity contribution in [2.24, 2.45) is 0 Å². The molecule has 8 heteroatoms. The van der Waals surface area contributed by atoms with Crippen LogP contribution >= 0.6 is 0 Å². The summed E-state index contributed by atoms with van der Waals surface area (Å²) in [6.45, 7) is 1.01. The van der Waals surface area contributed by atoms with Gasteiger partial charge in [-0.25, -0.2) is 13.6 Å². The maximum atomic E-state index is 13.3. The summed E-state index contributed by atoms with van der Waals surface area (Å²) < 4.78 is 31.7. The molecule has 0 bridgehead atoms. The van der Waals surface area contributed by atoms with Gasteiger partial charge in [-0.1, -0.05) is 35.5 Å². The Morgan fingerprint density at radius 3 is 2.54 bits per heavy atom. The Morgan fingerprint density at radius 2 is 1.82 bits per heavy atom. The molecule has 1 aliphatic rings. The highest BCUT2D eigenvalue weighted by atomic mass is 19.2. The predicted molar refractivity (Wildman–Crippen MR) is 98.7 cm³/mol. The van der Waals surface area contributed by atoms with Crippen LogP contribution in [0.4, 0.5) is 19.3 Å². The van der Waals surface area contributed by atoms with Gasteiger partial charge >= 0.3 is 6.03 Å². The van der Waals surface area contributed by atoms with E-state index in [4.69, 9.17) is 4.52 Å². The zero-order valence-corrected chi connectivity index (χ0v) is 14.9. The molecule has 0 saturated carbocycles. The van der Waals surface area contributed by atoms with Gasteiger partial charge in [0.05, 0.1) is 0 Å². The number of aromatic nitrogens is 2. The fourth-order valence-electron chi connectivity index (χ4n) is 3.21. The zero-order chi connectivity index (χ0) is 19.5. The van der Waals surface area contributed by atoms with Gasteiger partial charge in [0.1, 0.15) is 0 Å². The van der Waals surface area contributed by atoms with E-state index in [1.807, 2.05) is 30.3 Å². The third-order valence-corrected chi connectivity index (χ3v) is 4.78. The number of halogens is 2. The monoisotopic (exact) mass is 384 g/mol. The lowest BCUT2D eigenvalue weighted by molar-refractivity contribution is 0.187. The van der Waals surface area contributed by atoms with Crippen molar-refractivity contribution in [3.8, 4) is 11.4 Å². The number of nitrogens with zero attached hydrogens (tertiary/aromatic N) is 3. The second-order valence-electron chi connectivity index (χ2n) is 6.64. The summed E-state index contributed by atoms with van der Waals surface area (Å²) in [6.07, 6.45) is 1.36. The Labute approximate surface area is 160 Å². The fourth-order valence-corrected chi connectivity index (χ4v) is 3.21. The van der Waals surface area contributed by atoms with E-state index in [0.29, 0.717) is 37.6 Å². The Kier molecular flexibility index (Phi) is 5.01. The summed E-state index contributed by atoms with van der Waals surface area (Å²) in [6, 6.07) is 12.5. The van der Waals surface area contributed by atoms with Crippen molar-refractivity contribution in [3.05, 3.63) is 66.1 Å². The number of rotatable bonds is 3. The molecule has 3 aromatic rings. The average Bonchev–Trinajstić information content (AvgIpc) is 3.22. The first-order chi connectivity index (χ1) is 13.6. The molecular formula is C20H18F2N4O2. The highest BCUT2D eigenvalue weighted by molar-refractivity contribution is 5.89. The quantitative estimate of drug-likeness (QED) is 0.725. The molecule has 28 heavy (non-hydrogen) atoms. The van der Waals surface area contributed by atoms with Crippen molar-refractivity contribution in [1.29, 1.82) is 0 Å². The van der Waals surface area contributed by atoms with Crippen LogP contribution in [0.2, 0.25) is 0 Å². The lowest BCUT2D eigenvalue weighted by atomic mass is 9.97. The summed E-state index contributed by atoms with van der Waals surface area (Å²) in [5, 5.41) is 6.63. The first-order valence-corrected chi connectivity index (χ1v) is 9.00. The van der Waals surface area contributed by atoms with Crippen LogP contribution in [0.25, 0.3) is 11.4 Å². The fraction of sp³-hybridized carbons (Fsp3) is 0.250. The largest absolute Gasteiger partial charge is 0.339 e. The summed E-state index contributed by atoms with van der Waals surface area (Å²) in [5.74, 6) is -0.749. The van der Waals surface area contributed by atoms with Crippen LogP contribution in [0.1, 0.15) is 24.7 Å². The molecular weight excluding hydrogens is 366 g/mol. The molecule has 0 atom stereocenters. The lowest BCUT2D eigenvalue weighted by Gasteiger charge is -2.30. The molecule has 4 rings (SSSR count). The highest BCUT2D eigenvalue weighted by Crippen LogP contribution is 2.28. The molecule has 1 N–H and O–H groups in total. The number of urea groups is 1. The Bertz CT molecular complexity index is 969. The Morgan fingerprint density at radius 1 is 1.07 bits per heavy atom. The van der Waals surface area contributed by atoms with E-state index in [0.717, 1.165) is 17.7 Å². The molecule has 1 aliphatic heterocycles. The minimum atomic E-state index is -0.998. The Balaban J connectivity index is 1.35. The van der Waals surface area contributed by atoms with Crippen LogP contribution in [0, 0.1) is 11.6 Å². The molecule has 1 fully saturated rings. The first-order valence-electron chi connectivity index (χ1n) is 9.00. The number of carbonyl (C=O) groups is 1. The van der Waals surface area contributed by atoms with Crippen LogP contribution in [-0.2, 0) is 0 Å². The number of hydrogen-bond acceptors (Lipinski definition) is 4. The third-order valence-electron chi connectivity index (χ3n) is 4.78. The highest BCUT2D eigenvalue weighted by Gasteiger charge is 2.27. The van der Waals surface area contributed by atoms with E-state index in [2.05, 4.69) is 15.5 Å². The van der Waals surface area contributed by atoms with Crippen LogP contribution in [0.15, 0.2) is 53.1 Å². The molecule has 0 aliphatic carbocycles. The van der Waals surface area contributed by atoms with Crippen LogP contribution in [0.3, 0.4) is 0 Å². The summed E-state index contributed by atoms with van der Waals surface area (Å²) in [5.41, 5.74) is 1.11. The van der Waals surface area contributed by atoms with E-state index < -0.39 is 11.6 Å². The SMILES string of the molecule is O=C(Nc1ccc(F)c(F)c1)N1CCC(c2nc(-c3ccccc3)no2)CC1. The van der Waals surface area contributed by atoms with E-state index in [9.17, 15) is 13.6 Å². The molecule has 0 spiro atoms. The van der Waals surface area contributed by atoms with Crippen LogP contribution in [0.5, 0.6) is 0 Å². The number of hydrogen-bond donors (Lipinski definition) is 1. The van der Waals surface area contributed by atoms with Gasteiger partial charge in [0.2, 0.25) is 11.7 Å². The number of benzene rings is 2. The van der Waals surface area contributed by atoms with Crippen molar-refractivity contribution in [2.75, 3.05) is 18.4 Å². The van der Waals surface area contributed by atoms with E-state index in [-0.39, 0.29) is 17.6 Å². The van der Waals surface area contributed by atoms with E-state index in [1.54, 1.807) is 4.90 Å². The van der Waals surface area contributed by atoms with Gasteiger partial charge in [-0.3, -0.25) is 0 Å². The van der Waals surface area contributed by atoms with Crippen molar-refractivity contribution >= 4 is 11.7 Å². The van der Waals surface area contributed by atoms with E-state index in [1.165, 1.54) is 6.07 Å². The van der Waals surface area contributed by atoms with Gasteiger partial charge in [0.15, 0.2) is 11.6 Å². The molecule has 1 saturated heterocycles. The standard InChI is InChI=1S/C20H18F2N4O2/c21-16-7-6-15(12-17(16)22)23-20(27)26-10-8-14(9-11-26)19-24-18(25-28-19)13-4-2-1-3-5-13/h1-7,12,14H,8-11H2,(H,23,27). The molecule has 1 aromatic heterocycles. The van der Waals surface area contributed by atoms with Crippen molar-refractivity contribution in [1.82, 2.24) is 15.0 Å². The normalized spacial score (nSPS) is 14.9. The molecule has 0 unspecified atom stereocenters. The topological polar surface area (TPSA) is 71.3 Å². The molecule has 2 aromatic carbocycles. The number of likely N-dealkylation sites (tertiary alicyclic amines) is 1. The number of nitrogens with one attached hydrogen (secondary N) is 1. The second-order valence-corrected chi connectivity index (χ2v) is 6.64. The first kappa shape index (κ1) is 18.1. The number of anilines is 1. The van der Waals surface area contributed by atoms with Gasteiger partial charge in [0.25, 0.3) is 0 Å². The van der Waals surface area contributed by atoms with Gasteiger partial charge in [-0.05, 0) is 25.0 Å². The maximum Gasteiger partial charge on any atom is 0.321 e. The molecule has 2 amide bonds. The summed E-state index contributed by atoms with van der Waals surface area (Å²) in [4.78, 5) is 18.5. The molecule has 6 nitrogen and oxygen atoms in total. The van der Waals surface area contributed by atoms with Gasteiger partial charge in [-0.15, -0.1) is 0 Å². The number of carbonyl (C=O) groups excluding carboxylic acids is 1. The minimum Gasteiger partial charge on any atom is -0.339 e. The van der Waals surface area contributed by atoms with E-state index >= 15 is 0 Å². The summed E-state index contributed by atoms with van der Waals surface area (Å²) in [7, 11) is 0. The summed E-state index contributed by atoms with van der Waals surface area (Å²) >= 11 is 0. The second kappa shape index (κ2) is 7.75. The average molecular weight is 384 g/mol. The molecule has 144 valence electrons. The van der Waals surface area contributed by atoms with Crippen LogP contribution in [-0.4, -0.2) is 34.2 Å². The lowest BCUT2D eigenvalue weighted by Crippen LogP contribution is -2.40. The maximum absolute atomic E-state index is 13.3. The molecule has 2 heterocycles. The molecule has 0 radical (unpaired) electrons. The number of piperidine rings is 1. The minimum absolute atomic E-state index is 0.0808. The zero-order valence-electron chi connectivity index (χ0n) is 14.9. The van der Waals surface area contributed by atoms with Crippen molar-refractivity contribution < 1.29 is 18.1 Å². The van der Waals surface area contributed by atoms with Gasteiger partial charge in [0, 0.05) is 36.3 Å². The van der Waals surface area contributed by atoms with Crippen molar-refractivity contribution in [2.45, 2.75) is 18.8 Å².